The molecular formula is C13H22N4O4. The maximum absolute atomic E-state index is 10.6. The van der Waals surface area contributed by atoms with E-state index in [2.05, 4.69) is 10.00 Å². The van der Waals surface area contributed by atoms with Crippen molar-refractivity contribution in [2.75, 3.05) is 32.8 Å². The summed E-state index contributed by atoms with van der Waals surface area (Å²) >= 11 is 0. The van der Waals surface area contributed by atoms with E-state index < -0.39 is 11.0 Å². The molecule has 8 heteroatoms. The van der Waals surface area contributed by atoms with E-state index in [9.17, 15) is 15.2 Å². The minimum atomic E-state index is -0.588. The summed E-state index contributed by atoms with van der Waals surface area (Å²) < 4.78 is 6.84. The largest absolute Gasteiger partial charge is 0.390 e. The molecule has 1 aromatic heterocycles. The molecule has 2 atom stereocenters. The Bertz CT molecular complexity index is 465. The lowest BCUT2D eigenvalue weighted by molar-refractivity contribution is -0.385. The van der Waals surface area contributed by atoms with Crippen molar-refractivity contribution in [3.8, 4) is 0 Å². The van der Waals surface area contributed by atoms with E-state index in [0.717, 1.165) is 32.7 Å². The first-order valence-corrected chi connectivity index (χ1v) is 7.23. The topological polar surface area (TPSA) is 93.7 Å². The fourth-order valence-electron chi connectivity index (χ4n) is 2.62. The van der Waals surface area contributed by atoms with E-state index in [1.165, 1.54) is 17.1 Å². The fourth-order valence-corrected chi connectivity index (χ4v) is 2.62. The highest BCUT2D eigenvalue weighted by Crippen LogP contribution is 2.17. The molecule has 1 aliphatic heterocycles. The number of rotatable bonds is 8. The van der Waals surface area contributed by atoms with Crippen LogP contribution >= 0.6 is 0 Å². The van der Waals surface area contributed by atoms with E-state index >= 15 is 0 Å². The average molecular weight is 298 g/mol. The van der Waals surface area contributed by atoms with Gasteiger partial charge in [0.1, 0.15) is 12.4 Å². The predicted octanol–water partition coefficient (Wildman–Crippen LogP) is 0.511. The quantitative estimate of drug-likeness (QED) is 0.555. The summed E-state index contributed by atoms with van der Waals surface area (Å²) in [6.07, 6.45) is 3.03. The number of aromatic nitrogens is 2. The van der Waals surface area contributed by atoms with E-state index in [0.29, 0.717) is 12.5 Å². The molecule has 0 aliphatic carbocycles. The second kappa shape index (κ2) is 7.48. The second-order valence-electron chi connectivity index (χ2n) is 5.41. The Labute approximate surface area is 123 Å². The summed E-state index contributed by atoms with van der Waals surface area (Å²) in [5.74, 6) is 0.531. The zero-order valence-corrected chi connectivity index (χ0v) is 12.2. The van der Waals surface area contributed by atoms with Crippen molar-refractivity contribution in [1.29, 1.82) is 0 Å². The summed E-state index contributed by atoms with van der Waals surface area (Å²) in [7, 11) is 0. The van der Waals surface area contributed by atoms with Crippen LogP contribution in [0.5, 0.6) is 0 Å². The number of likely N-dealkylation sites (tertiary alicyclic amines) is 1. The van der Waals surface area contributed by atoms with Gasteiger partial charge in [0.15, 0.2) is 0 Å². The highest BCUT2D eigenvalue weighted by Gasteiger charge is 2.24. The van der Waals surface area contributed by atoms with Crippen LogP contribution in [0.25, 0.3) is 0 Å². The number of hydrogen-bond acceptors (Lipinski definition) is 6. The molecule has 0 spiro atoms. The number of ether oxygens (including phenoxy) is 1. The highest BCUT2D eigenvalue weighted by atomic mass is 16.6. The van der Waals surface area contributed by atoms with Crippen molar-refractivity contribution >= 4 is 5.69 Å². The van der Waals surface area contributed by atoms with Gasteiger partial charge in [-0.25, -0.2) is 0 Å². The van der Waals surface area contributed by atoms with Gasteiger partial charge in [-0.3, -0.25) is 14.8 Å². The van der Waals surface area contributed by atoms with E-state index in [1.807, 2.05) is 6.92 Å². The zero-order valence-electron chi connectivity index (χ0n) is 12.2. The lowest BCUT2D eigenvalue weighted by Gasteiger charge is -2.20. The summed E-state index contributed by atoms with van der Waals surface area (Å²) in [5, 5.41) is 24.5. The molecule has 21 heavy (non-hydrogen) atoms. The Morgan fingerprint density at radius 2 is 2.43 bits per heavy atom. The average Bonchev–Trinajstić information content (AvgIpc) is 3.06. The lowest BCUT2D eigenvalue weighted by atomic mass is 10.1. The molecule has 1 saturated heterocycles. The van der Waals surface area contributed by atoms with Gasteiger partial charge in [-0.15, -0.1) is 0 Å². The number of β-amino-alcohol motifs (C(OH)–C–C–N with tert-alkyl or cyclic N) is 1. The first kappa shape index (κ1) is 15.9. The Kier molecular flexibility index (Phi) is 5.66. The molecule has 1 aromatic rings. The van der Waals surface area contributed by atoms with Gasteiger partial charge in [-0.1, -0.05) is 0 Å². The fraction of sp³-hybridized carbons (Fsp3) is 0.769. The van der Waals surface area contributed by atoms with Crippen LogP contribution in [0.15, 0.2) is 12.4 Å². The molecule has 1 aliphatic rings. The normalized spacial score (nSPS) is 20.8. The maximum Gasteiger partial charge on any atom is 0.306 e. The third-order valence-electron chi connectivity index (χ3n) is 3.62. The smallest absolute Gasteiger partial charge is 0.306 e. The molecule has 0 saturated carbocycles. The van der Waals surface area contributed by atoms with E-state index in [4.69, 9.17) is 4.74 Å². The van der Waals surface area contributed by atoms with Crippen molar-refractivity contribution in [2.45, 2.75) is 26.0 Å². The summed E-state index contributed by atoms with van der Waals surface area (Å²) in [6.45, 7) is 6.19. The van der Waals surface area contributed by atoms with Crippen LogP contribution in [-0.2, 0) is 11.3 Å². The zero-order chi connectivity index (χ0) is 15.2. The minimum Gasteiger partial charge on any atom is -0.390 e. The molecular weight excluding hydrogens is 276 g/mol. The van der Waals surface area contributed by atoms with E-state index in [-0.39, 0.29) is 12.2 Å². The number of hydrogen-bond donors (Lipinski definition) is 1. The van der Waals surface area contributed by atoms with Crippen molar-refractivity contribution < 1.29 is 14.8 Å². The SMILES string of the molecule is CCOCC1CCN(CC(O)Cn2cc([N+](=O)[O-])cn2)C1. The monoisotopic (exact) mass is 298 g/mol. The van der Waals surface area contributed by atoms with E-state index in [1.54, 1.807) is 0 Å². The van der Waals surface area contributed by atoms with Gasteiger partial charge in [0, 0.05) is 19.7 Å². The predicted molar refractivity (Wildman–Crippen MR) is 75.9 cm³/mol. The van der Waals surface area contributed by atoms with Gasteiger partial charge in [0.05, 0.1) is 24.2 Å². The molecule has 0 bridgehead atoms. The summed E-state index contributed by atoms with van der Waals surface area (Å²) in [6, 6.07) is 0. The maximum atomic E-state index is 10.6. The van der Waals surface area contributed by atoms with Crippen molar-refractivity contribution in [2.24, 2.45) is 5.92 Å². The molecule has 0 radical (unpaired) electrons. The number of aliphatic hydroxyl groups is 1. The van der Waals surface area contributed by atoms with Gasteiger partial charge < -0.3 is 14.7 Å². The molecule has 0 amide bonds. The molecule has 2 rings (SSSR count). The van der Waals surface area contributed by atoms with Crippen molar-refractivity contribution in [3.63, 3.8) is 0 Å². The van der Waals surface area contributed by atoms with Gasteiger partial charge in [0.25, 0.3) is 0 Å². The van der Waals surface area contributed by atoms with Gasteiger partial charge in [-0.05, 0) is 25.8 Å². The number of nitro groups is 1. The standard InChI is InChI=1S/C13H22N4O4/c1-2-21-10-11-3-4-15(6-11)8-13(18)9-16-7-12(5-14-16)17(19)20/h5,7,11,13,18H,2-4,6,8-10H2,1H3. The molecule has 1 fully saturated rings. The van der Waals surface area contributed by atoms with Crippen LogP contribution < -0.4 is 0 Å². The molecule has 2 heterocycles. The van der Waals surface area contributed by atoms with Crippen LogP contribution in [0.2, 0.25) is 0 Å². The van der Waals surface area contributed by atoms with Crippen LogP contribution in [0.4, 0.5) is 5.69 Å². The third kappa shape index (κ3) is 4.76. The van der Waals surface area contributed by atoms with Crippen LogP contribution in [-0.4, -0.2) is 63.7 Å². The van der Waals surface area contributed by atoms with Crippen LogP contribution in [0.1, 0.15) is 13.3 Å². The third-order valence-corrected chi connectivity index (χ3v) is 3.62. The Hall–Kier alpha value is -1.51. The Morgan fingerprint density at radius 3 is 3.10 bits per heavy atom. The molecule has 0 aromatic carbocycles. The van der Waals surface area contributed by atoms with Gasteiger partial charge in [0.2, 0.25) is 0 Å². The minimum absolute atomic E-state index is 0.0554. The number of aliphatic hydroxyl groups excluding tert-OH is 1. The van der Waals surface area contributed by atoms with Gasteiger partial charge in [-0.2, -0.15) is 5.10 Å². The summed E-state index contributed by atoms with van der Waals surface area (Å²) in [4.78, 5) is 12.3. The van der Waals surface area contributed by atoms with Crippen molar-refractivity contribution in [1.82, 2.24) is 14.7 Å². The molecule has 8 nitrogen and oxygen atoms in total. The highest BCUT2D eigenvalue weighted by molar-refractivity contribution is 5.20. The van der Waals surface area contributed by atoms with Crippen molar-refractivity contribution in [3.05, 3.63) is 22.5 Å². The molecule has 1 N–H and O–H groups in total. The Morgan fingerprint density at radius 1 is 1.62 bits per heavy atom. The first-order valence-electron chi connectivity index (χ1n) is 7.23. The van der Waals surface area contributed by atoms with Crippen LogP contribution in [0.3, 0.4) is 0 Å². The molecule has 2 unspecified atom stereocenters. The molecule has 118 valence electrons. The second-order valence-corrected chi connectivity index (χ2v) is 5.41. The lowest BCUT2D eigenvalue weighted by Crippen LogP contribution is -2.33. The summed E-state index contributed by atoms with van der Waals surface area (Å²) in [5.41, 5.74) is -0.0554. The van der Waals surface area contributed by atoms with Crippen LogP contribution in [0, 0.1) is 16.0 Å². The van der Waals surface area contributed by atoms with Gasteiger partial charge >= 0.3 is 5.69 Å². The number of nitrogens with zero attached hydrogens (tertiary/aromatic N) is 4. The first-order chi connectivity index (χ1) is 10.1. The Balaban J connectivity index is 1.74.